The predicted octanol–water partition coefficient (Wildman–Crippen LogP) is 1.83. The summed E-state index contributed by atoms with van der Waals surface area (Å²) in [6.07, 6.45) is -1.18. The van der Waals surface area contributed by atoms with Crippen LogP contribution >= 0.6 is 11.8 Å². The number of hydrogen-bond donors (Lipinski definition) is 2. The maximum absolute atomic E-state index is 12.6. The first kappa shape index (κ1) is 16.3. The number of thioether (sulfide) groups is 1. The van der Waals surface area contributed by atoms with E-state index in [0.717, 1.165) is 6.33 Å². The van der Waals surface area contributed by atoms with Gasteiger partial charge in [-0.2, -0.15) is 30.0 Å². The van der Waals surface area contributed by atoms with Crippen molar-refractivity contribution in [2.75, 3.05) is 12.0 Å². The summed E-state index contributed by atoms with van der Waals surface area (Å²) in [4.78, 5) is 21.2. The number of aromatic amines is 1. The Morgan fingerprint density at radius 1 is 1.50 bits per heavy atom. The zero-order valence-electron chi connectivity index (χ0n) is 11.4. The molecule has 0 aromatic carbocycles. The number of rotatable bonds is 6. The second-order valence-corrected chi connectivity index (χ2v) is 5.28. The summed E-state index contributed by atoms with van der Waals surface area (Å²) in [5, 5.41) is 12.8. The van der Waals surface area contributed by atoms with Crippen LogP contribution in [0.25, 0.3) is 11.5 Å². The van der Waals surface area contributed by atoms with Gasteiger partial charge >= 0.3 is 12.1 Å². The van der Waals surface area contributed by atoms with Crippen LogP contribution in [0, 0.1) is 0 Å². The van der Waals surface area contributed by atoms with E-state index >= 15 is 0 Å². The first-order valence-corrected chi connectivity index (χ1v) is 7.47. The molecule has 0 atom stereocenters. The van der Waals surface area contributed by atoms with E-state index in [4.69, 9.17) is 5.11 Å². The van der Waals surface area contributed by atoms with E-state index in [-0.39, 0.29) is 23.0 Å². The molecule has 0 aliphatic heterocycles. The van der Waals surface area contributed by atoms with E-state index in [2.05, 4.69) is 20.1 Å². The van der Waals surface area contributed by atoms with E-state index in [1.54, 1.807) is 0 Å². The van der Waals surface area contributed by atoms with Crippen LogP contribution < -0.4 is 0 Å². The number of alkyl halides is 3. The Morgan fingerprint density at radius 3 is 2.82 bits per heavy atom. The van der Waals surface area contributed by atoms with Gasteiger partial charge < -0.3 is 10.1 Å². The summed E-state index contributed by atoms with van der Waals surface area (Å²) in [5.74, 6) is -0.693. The number of H-pyrrole nitrogens is 1. The largest absolute Gasteiger partial charge is 0.477 e. The second kappa shape index (κ2) is 6.38. The van der Waals surface area contributed by atoms with Crippen LogP contribution in [0.3, 0.4) is 0 Å². The molecule has 120 valence electrons. The van der Waals surface area contributed by atoms with Crippen molar-refractivity contribution in [2.24, 2.45) is 0 Å². The number of imidazole rings is 1. The molecule has 0 saturated carbocycles. The Labute approximate surface area is 127 Å². The molecule has 0 aliphatic carbocycles. The van der Waals surface area contributed by atoms with Crippen LogP contribution in [0.15, 0.2) is 6.33 Å². The monoisotopic (exact) mass is 335 g/mol. The lowest BCUT2D eigenvalue weighted by Crippen LogP contribution is -2.20. The molecule has 0 fully saturated rings. The summed E-state index contributed by atoms with van der Waals surface area (Å²) >= 11 is 1.50. The molecule has 2 rings (SSSR count). The Bertz CT molecular complexity index is 667. The van der Waals surface area contributed by atoms with Crippen LogP contribution in [0.2, 0.25) is 0 Å². The van der Waals surface area contributed by atoms with Gasteiger partial charge in [-0.05, 0) is 6.26 Å². The smallest absolute Gasteiger partial charge is 0.408 e. The normalized spacial score (nSPS) is 11.8. The van der Waals surface area contributed by atoms with Crippen molar-refractivity contribution in [1.82, 2.24) is 24.7 Å². The van der Waals surface area contributed by atoms with E-state index < -0.39 is 18.7 Å². The molecule has 2 aromatic heterocycles. The molecule has 2 heterocycles. The molecule has 22 heavy (non-hydrogen) atoms. The lowest BCUT2D eigenvalue weighted by Gasteiger charge is -2.08. The number of hydrogen-bond acceptors (Lipinski definition) is 5. The third kappa shape index (κ3) is 3.78. The van der Waals surface area contributed by atoms with Crippen LogP contribution in [0.4, 0.5) is 13.2 Å². The lowest BCUT2D eigenvalue weighted by molar-refractivity contribution is -0.142. The Balaban J connectivity index is 2.45. The minimum absolute atomic E-state index is 0.167. The zero-order chi connectivity index (χ0) is 16.3. The third-order valence-electron chi connectivity index (χ3n) is 2.64. The van der Waals surface area contributed by atoms with Gasteiger partial charge in [0, 0.05) is 12.2 Å². The van der Waals surface area contributed by atoms with Crippen molar-refractivity contribution in [3.8, 4) is 11.5 Å². The summed E-state index contributed by atoms with van der Waals surface area (Å²) in [7, 11) is 0. The fraction of sp³-hybridized carbons (Fsp3) is 0.455. The molecular weight excluding hydrogens is 323 g/mol. The van der Waals surface area contributed by atoms with Gasteiger partial charge in [0.1, 0.15) is 12.2 Å². The number of aromatic nitrogens is 5. The quantitative estimate of drug-likeness (QED) is 0.836. The maximum atomic E-state index is 12.6. The topological polar surface area (TPSA) is 96.7 Å². The van der Waals surface area contributed by atoms with E-state index in [0.29, 0.717) is 16.9 Å². The van der Waals surface area contributed by atoms with E-state index in [9.17, 15) is 18.0 Å². The van der Waals surface area contributed by atoms with Gasteiger partial charge in [0.15, 0.2) is 17.3 Å². The first-order chi connectivity index (χ1) is 10.3. The molecule has 7 nitrogen and oxygen atoms in total. The van der Waals surface area contributed by atoms with E-state index in [1.807, 2.05) is 6.26 Å². The SMILES string of the molecule is CSCCc1nc(-c2nc[nH]c2C(=O)O)n(CC(F)(F)F)n1. The Hall–Kier alpha value is -2.04. The molecule has 0 radical (unpaired) electrons. The fourth-order valence-corrected chi connectivity index (χ4v) is 2.16. The highest BCUT2D eigenvalue weighted by atomic mass is 32.2. The molecule has 0 saturated heterocycles. The minimum atomic E-state index is -4.50. The maximum Gasteiger partial charge on any atom is 0.408 e. The van der Waals surface area contributed by atoms with Crippen LogP contribution in [-0.4, -0.2) is 54.0 Å². The van der Waals surface area contributed by atoms with Crippen molar-refractivity contribution in [1.29, 1.82) is 0 Å². The molecular formula is C11H12F3N5O2S. The van der Waals surface area contributed by atoms with Gasteiger partial charge in [0.25, 0.3) is 0 Å². The highest BCUT2D eigenvalue weighted by Crippen LogP contribution is 2.24. The molecule has 2 aromatic rings. The summed E-state index contributed by atoms with van der Waals surface area (Å²) < 4.78 is 38.6. The molecule has 0 amide bonds. The Morgan fingerprint density at radius 2 is 2.23 bits per heavy atom. The molecule has 11 heteroatoms. The molecule has 2 N–H and O–H groups in total. The number of nitrogens with zero attached hydrogens (tertiary/aromatic N) is 4. The standard InChI is InChI=1S/C11H12F3N5O2S/c1-22-3-2-6-17-9(19(18-6)4-11(12,13)14)7-8(10(20)21)16-5-15-7/h5H,2-4H2,1H3,(H,15,16)(H,20,21). The van der Waals surface area contributed by atoms with Crippen molar-refractivity contribution in [3.05, 3.63) is 17.8 Å². The average Bonchev–Trinajstić information content (AvgIpc) is 3.00. The number of aryl methyl sites for hydroxylation is 1. The number of halogens is 3. The molecule has 0 unspecified atom stereocenters. The third-order valence-corrected chi connectivity index (χ3v) is 3.25. The summed E-state index contributed by atoms with van der Waals surface area (Å²) in [6.45, 7) is -1.36. The minimum Gasteiger partial charge on any atom is -0.477 e. The first-order valence-electron chi connectivity index (χ1n) is 6.08. The number of aromatic carboxylic acids is 1. The summed E-state index contributed by atoms with van der Waals surface area (Å²) in [5.41, 5.74) is -0.494. The second-order valence-electron chi connectivity index (χ2n) is 4.30. The molecule has 0 aliphatic rings. The van der Waals surface area contributed by atoms with Crippen molar-refractivity contribution in [2.45, 2.75) is 19.1 Å². The highest BCUT2D eigenvalue weighted by molar-refractivity contribution is 7.98. The number of carbonyl (C=O) groups is 1. The van der Waals surface area contributed by atoms with Crippen LogP contribution in [-0.2, 0) is 13.0 Å². The van der Waals surface area contributed by atoms with Crippen molar-refractivity contribution in [3.63, 3.8) is 0 Å². The van der Waals surface area contributed by atoms with Gasteiger partial charge in [-0.3, -0.25) is 0 Å². The van der Waals surface area contributed by atoms with Gasteiger partial charge in [-0.1, -0.05) is 0 Å². The highest BCUT2D eigenvalue weighted by Gasteiger charge is 2.32. The Kier molecular flexibility index (Phi) is 4.74. The van der Waals surface area contributed by atoms with Gasteiger partial charge in [-0.25, -0.2) is 19.4 Å². The van der Waals surface area contributed by atoms with Crippen LogP contribution in [0.1, 0.15) is 16.3 Å². The zero-order valence-corrected chi connectivity index (χ0v) is 12.2. The lowest BCUT2D eigenvalue weighted by atomic mass is 10.3. The molecule has 0 bridgehead atoms. The van der Waals surface area contributed by atoms with Gasteiger partial charge in [0.2, 0.25) is 0 Å². The van der Waals surface area contributed by atoms with Crippen molar-refractivity contribution >= 4 is 17.7 Å². The van der Waals surface area contributed by atoms with Crippen LogP contribution in [0.5, 0.6) is 0 Å². The number of carboxylic acids is 1. The van der Waals surface area contributed by atoms with E-state index in [1.165, 1.54) is 11.8 Å². The van der Waals surface area contributed by atoms with Gasteiger partial charge in [-0.15, -0.1) is 0 Å². The molecule has 0 spiro atoms. The van der Waals surface area contributed by atoms with Gasteiger partial charge in [0.05, 0.1) is 6.33 Å². The fourth-order valence-electron chi connectivity index (χ4n) is 1.77. The number of nitrogens with one attached hydrogen (secondary N) is 1. The predicted molar refractivity (Wildman–Crippen MR) is 72.7 cm³/mol. The summed E-state index contributed by atoms with van der Waals surface area (Å²) in [6, 6.07) is 0. The average molecular weight is 335 g/mol. The van der Waals surface area contributed by atoms with Crippen molar-refractivity contribution < 1.29 is 23.1 Å². The number of carboxylic acid groups (broad SMARTS) is 1.